The fourth-order valence-corrected chi connectivity index (χ4v) is 2.39. The van der Waals surface area contributed by atoms with Crippen molar-refractivity contribution in [2.24, 2.45) is 0 Å². The minimum absolute atomic E-state index is 0.00110. The van der Waals surface area contributed by atoms with Crippen LogP contribution in [0.5, 0.6) is 0 Å². The molecule has 0 aliphatic heterocycles. The van der Waals surface area contributed by atoms with Crippen molar-refractivity contribution in [3.05, 3.63) is 68.7 Å². The topological polar surface area (TPSA) is 84.5 Å². The predicted octanol–water partition coefficient (Wildman–Crippen LogP) is 3.24. The summed E-state index contributed by atoms with van der Waals surface area (Å²) in [6.45, 7) is -0.600. The van der Waals surface area contributed by atoms with Gasteiger partial charge in [-0.25, -0.2) is 0 Å². The number of benzene rings is 2. The van der Waals surface area contributed by atoms with E-state index >= 15 is 0 Å². The van der Waals surface area contributed by atoms with Crippen LogP contribution in [0.15, 0.2) is 42.5 Å². The molecule has 0 aromatic heterocycles. The van der Waals surface area contributed by atoms with Gasteiger partial charge in [-0.05, 0) is 42.0 Å². The summed E-state index contributed by atoms with van der Waals surface area (Å²) in [4.78, 5) is 35.2. The van der Waals surface area contributed by atoms with E-state index in [4.69, 9.17) is 39.5 Å². The van der Waals surface area contributed by atoms with Crippen LogP contribution in [-0.4, -0.2) is 30.9 Å². The van der Waals surface area contributed by atoms with E-state index < -0.39 is 17.8 Å². The van der Waals surface area contributed by atoms with E-state index in [0.717, 1.165) is 0 Å². The van der Waals surface area contributed by atoms with E-state index in [2.05, 4.69) is 10.6 Å². The maximum absolute atomic E-state index is 11.9. The Morgan fingerprint density at radius 1 is 0.852 bits per heavy atom. The van der Waals surface area contributed by atoms with E-state index in [-0.39, 0.29) is 19.7 Å². The summed E-state index contributed by atoms with van der Waals surface area (Å²) in [5.41, 5.74) is 1.03. The number of hydrogen-bond donors (Lipinski definition) is 2. The number of halogens is 3. The van der Waals surface area contributed by atoms with Gasteiger partial charge < -0.3 is 15.4 Å². The molecule has 0 saturated heterocycles. The summed E-state index contributed by atoms with van der Waals surface area (Å²) < 4.78 is 5.02. The van der Waals surface area contributed by atoms with Crippen molar-refractivity contribution >= 4 is 52.6 Å². The zero-order valence-electron chi connectivity index (χ0n) is 13.9. The minimum Gasteiger partial charge on any atom is -0.460 e. The molecule has 0 fully saturated rings. The second-order valence-electron chi connectivity index (χ2n) is 5.38. The molecule has 0 bridgehead atoms. The Balaban J connectivity index is 1.68. The van der Waals surface area contributed by atoms with Crippen LogP contribution in [0.3, 0.4) is 0 Å². The SMILES string of the molecule is O=C(CNC(=O)c1ccc(Cl)cc1)NCC(=O)OCc1ccc(Cl)c(Cl)c1. The second kappa shape index (κ2) is 10.2. The average Bonchev–Trinajstić information content (AvgIpc) is 2.66. The van der Waals surface area contributed by atoms with Gasteiger partial charge >= 0.3 is 5.97 Å². The number of esters is 1. The zero-order chi connectivity index (χ0) is 19.8. The average molecular weight is 430 g/mol. The maximum Gasteiger partial charge on any atom is 0.325 e. The summed E-state index contributed by atoms with van der Waals surface area (Å²) in [6, 6.07) is 11.1. The van der Waals surface area contributed by atoms with Gasteiger partial charge in [0, 0.05) is 10.6 Å². The molecule has 2 N–H and O–H groups in total. The van der Waals surface area contributed by atoms with Crippen molar-refractivity contribution in [3.63, 3.8) is 0 Å². The first-order valence-electron chi connectivity index (χ1n) is 7.75. The zero-order valence-corrected chi connectivity index (χ0v) is 16.2. The van der Waals surface area contributed by atoms with Crippen LogP contribution in [0.4, 0.5) is 0 Å². The Bertz CT molecular complexity index is 841. The number of amides is 2. The molecule has 0 saturated carbocycles. The van der Waals surface area contributed by atoms with Crippen molar-refractivity contribution in [1.29, 1.82) is 0 Å². The summed E-state index contributed by atoms with van der Waals surface area (Å²) in [5, 5.41) is 6.06. The minimum atomic E-state index is -0.626. The molecule has 27 heavy (non-hydrogen) atoms. The van der Waals surface area contributed by atoms with Crippen molar-refractivity contribution in [2.75, 3.05) is 13.1 Å². The molecule has 2 aromatic rings. The third-order valence-electron chi connectivity index (χ3n) is 3.33. The summed E-state index contributed by atoms with van der Waals surface area (Å²) in [5.74, 6) is -1.58. The number of hydrogen-bond acceptors (Lipinski definition) is 4. The quantitative estimate of drug-likeness (QED) is 0.662. The molecular weight excluding hydrogens is 415 g/mol. The first kappa shape index (κ1) is 21.0. The number of carbonyl (C=O) groups excluding carboxylic acids is 3. The smallest absolute Gasteiger partial charge is 0.325 e. The maximum atomic E-state index is 11.9. The molecule has 142 valence electrons. The first-order chi connectivity index (χ1) is 12.8. The molecule has 2 rings (SSSR count). The van der Waals surface area contributed by atoms with Gasteiger partial charge in [0.2, 0.25) is 5.91 Å². The van der Waals surface area contributed by atoms with Crippen LogP contribution in [0.25, 0.3) is 0 Å². The van der Waals surface area contributed by atoms with Crippen LogP contribution in [0.2, 0.25) is 15.1 Å². The van der Waals surface area contributed by atoms with Crippen molar-refractivity contribution in [2.45, 2.75) is 6.61 Å². The Hall–Kier alpha value is -2.28. The predicted molar refractivity (Wildman–Crippen MR) is 103 cm³/mol. The highest BCUT2D eigenvalue weighted by atomic mass is 35.5. The van der Waals surface area contributed by atoms with Gasteiger partial charge in [-0.1, -0.05) is 40.9 Å². The molecule has 2 aromatic carbocycles. The van der Waals surface area contributed by atoms with Crippen LogP contribution >= 0.6 is 34.8 Å². The lowest BCUT2D eigenvalue weighted by Crippen LogP contribution is -2.39. The Labute approximate surface area is 170 Å². The van der Waals surface area contributed by atoms with E-state index in [1.807, 2.05) is 0 Å². The number of ether oxygens (including phenoxy) is 1. The van der Waals surface area contributed by atoms with Gasteiger partial charge in [0.1, 0.15) is 13.2 Å². The summed E-state index contributed by atoms with van der Waals surface area (Å²) in [6.07, 6.45) is 0. The molecule has 6 nitrogen and oxygen atoms in total. The van der Waals surface area contributed by atoms with Gasteiger partial charge in [-0.2, -0.15) is 0 Å². The lowest BCUT2D eigenvalue weighted by atomic mass is 10.2. The van der Waals surface area contributed by atoms with Gasteiger partial charge in [0.05, 0.1) is 16.6 Å². The third kappa shape index (κ3) is 7.09. The molecule has 0 radical (unpaired) electrons. The van der Waals surface area contributed by atoms with Gasteiger partial charge in [0.25, 0.3) is 5.91 Å². The standard InChI is InChI=1S/C18H15Cl3N2O4/c19-13-4-2-12(3-5-13)18(26)23-8-16(24)22-9-17(25)27-10-11-1-6-14(20)15(21)7-11/h1-7H,8-10H2,(H,22,24)(H,23,26). The number of nitrogens with one attached hydrogen (secondary N) is 2. The molecule has 0 unspecified atom stereocenters. The molecule has 2 amide bonds. The molecule has 0 aliphatic rings. The Morgan fingerprint density at radius 2 is 1.56 bits per heavy atom. The molecule has 9 heteroatoms. The van der Waals surface area contributed by atoms with Crippen LogP contribution < -0.4 is 10.6 Å². The highest BCUT2D eigenvalue weighted by Gasteiger charge is 2.10. The Morgan fingerprint density at radius 3 is 2.22 bits per heavy atom. The summed E-state index contributed by atoms with van der Waals surface area (Å²) >= 11 is 17.4. The Kier molecular flexibility index (Phi) is 7.91. The normalized spacial score (nSPS) is 10.2. The van der Waals surface area contributed by atoms with E-state index in [1.165, 1.54) is 12.1 Å². The highest BCUT2D eigenvalue weighted by molar-refractivity contribution is 6.42. The van der Waals surface area contributed by atoms with Crippen molar-refractivity contribution in [3.8, 4) is 0 Å². The van der Waals surface area contributed by atoms with Gasteiger partial charge in [-0.15, -0.1) is 0 Å². The fourth-order valence-electron chi connectivity index (χ4n) is 1.94. The molecule has 0 spiro atoms. The van der Waals surface area contributed by atoms with Crippen LogP contribution in [0, 0.1) is 0 Å². The van der Waals surface area contributed by atoms with Crippen molar-refractivity contribution in [1.82, 2.24) is 10.6 Å². The third-order valence-corrected chi connectivity index (χ3v) is 4.32. The number of carbonyl (C=O) groups is 3. The monoisotopic (exact) mass is 428 g/mol. The van der Waals surface area contributed by atoms with Crippen LogP contribution in [-0.2, 0) is 20.9 Å². The van der Waals surface area contributed by atoms with Gasteiger partial charge in [-0.3, -0.25) is 14.4 Å². The summed E-state index contributed by atoms with van der Waals surface area (Å²) in [7, 11) is 0. The largest absolute Gasteiger partial charge is 0.460 e. The molecule has 0 aliphatic carbocycles. The second-order valence-corrected chi connectivity index (χ2v) is 6.63. The highest BCUT2D eigenvalue weighted by Crippen LogP contribution is 2.22. The van der Waals surface area contributed by atoms with E-state index in [1.54, 1.807) is 30.3 Å². The molecular formula is C18H15Cl3N2O4. The van der Waals surface area contributed by atoms with Crippen molar-refractivity contribution < 1.29 is 19.1 Å². The molecule has 0 atom stereocenters. The van der Waals surface area contributed by atoms with E-state index in [9.17, 15) is 14.4 Å². The van der Waals surface area contributed by atoms with Gasteiger partial charge in [0.15, 0.2) is 0 Å². The molecule has 0 heterocycles. The lowest BCUT2D eigenvalue weighted by molar-refractivity contribution is -0.145. The van der Waals surface area contributed by atoms with Crippen LogP contribution in [0.1, 0.15) is 15.9 Å². The first-order valence-corrected chi connectivity index (χ1v) is 8.88. The fraction of sp³-hybridized carbons (Fsp3) is 0.167. The lowest BCUT2D eigenvalue weighted by Gasteiger charge is -2.08. The number of rotatable bonds is 7. The van der Waals surface area contributed by atoms with E-state index in [0.29, 0.717) is 26.2 Å².